The van der Waals surface area contributed by atoms with Crippen molar-refractivity contribution in [3.63, 3.8) is 0 Å². The number of quaternary nitrogens is 1. The van der Waals surface area contributed by atoms with E-state index in [0.29, 0.717) is 0 Å². The quantitative estimate of drug-likeness (QED) is 0.390. The van der Waals surface area contributed by atoms with Crippen molar-refractivity contribution in [3.05, 3.63) is 29.8 Å². The van der Waals surface area contributed by atoms with Crippen molar-refractivity contribution in [2.45, 2.75) is 77.6 Å². The van der Waals surface area contributed by atoms with Crippen LogP contribution < -0.4 is 10.6 Å². The Balaban J connectivity index is 0.000000758. The van der Waals surface area contributed by atoms with Gasteiger partial charge in [0.1, 0.15) is 5.69 Å². The number of unbranched alkanes of at least 4 members (excludes halogenated alkanes) is 9. The fourth-order valence-electron chi connectivity index (χ4n) is 2.60. The minimum atomic E-state index is -3.90. The second-order valence-corrected chi connectivity index (χ2v) is 8.19. The summed E-state index contributed by atoms with van der Waals surface area (Å²) in [6.07, 6.45) is 15.4. The van der Waals surface area contributed by atoms with E-state index in [2.05, 4.69) is 46.0 Å². The summed E-state index contributed by atoms with van der Waals surface area (Å²) in [5.74, 6) is 0. The van der Waals surface area contributed by atoms with Gasteiger partial charge in [-0.3, -0.25) is 4.57 Å². The second-order valence-electron chi connectivity index (χ2n) is 6.56. The van der Waals surface area contributed by atoms with Gasteiger partial charge in [-0.25, -0.2) is 0 Å². The predicted octanol–water partition coefficient (Wildman–Crippen LogP) is 4.77. The van der Waals surface area contributed by atoms with Gasteiger partial charge in [-0.2, -0.15) is 0 Å². The van der Waals surface area contributed by atoms with E-state index in [4.69, 9.17) is 0 Å². The summed E-state index contributed by atoms with van der Waals surface area (Å²) >= 11 is 0. The lowest BCUT2D eigenvalue weighted by Gasteiger charge is -2.16. The molecule has 0 spiro atoms. The first-order valence-electron chi connectivity index (χ1n) is 9.78. The third kappa shape index (κ3) is 15.5. The molecule has 5 nitrogen and oxygen atoms in total. The minimum Gasteiger partial charge on any atom is -0.756 e. The molecule has 0 aliphatic heterocycles. The molecular weight excluding hydrogens is 349 g/mol. The van der Waals surface area contributed by atoms with E-state index in [1.807, 2.05) is 0 Å². The topological polar surface area (TPSA) is 86.2 Å². The van der Waals surface area contributed by atoms with E-state index in [1.54, 1.807) is 0 Å². The Morgan fingerprint density at radius 2 is 1.27 bits per heavy atom. The number of phosphoric acid groups is 1. The molecule has 0 saturated heterocycles. The zero-order chi connectivity index (χ0) is 19.7. The van der Waals surface area contributed by atoms with Crippen molar-refractivity contribution < 1.29 is 24.2 Å². The average Bonchev–Trinajstić information content (AvgIpc) is 2.65. The van der Waals surface area contributed by atoms with Gasteiger partial charge in [0.15, 0.2) is 0 Å². The van der Waals surface area contributed by atoms with E-state index in [-0.39, 0.29) is 0 Å². The van der Waals surface area contributed by atoms with Crippen LogP contribution in [0, 0.1) is 0 Å². The minimum absolute atomic E-state index is 1.04. The van der Waals surface area contributed by atoms with Gasteiger partial charge in [0, 0.05) is 14.2 Å². The fourth-order valence-corrected chi connectivity index (χ4v) is 2.75. The maximum Gasteiger partial charge on any atom is 0.267 e. The lowest BCUT2D eigenvalue weighted by molar-refractivity contribution is -0.254. The first-order valence-corrected chi connectivity index (χ1v) is 11.2. The zero-order valence-electron chi connectivity index (χ0n) is 16.9. The summed E-state index contributed by atoms with van der Waals surface area (Å²) in [6, 6.07) is 8.67. The molecule has 1 rings (SSSR count). The van der Waals surface area contributed by atoms with Gasteiger partial charge in [-0.15, -0.1) is 0 Å². The molecule has 26 heavy (non-hydrogen) atoms. The van der Waals surface area contributed by atoms with Crippen molar-refractivity contribution in [2.24, 2.45) is 0 Å². The lowest BCUT2D eigenvalue weighted by atomic mass is 10.0. The molecule has 1 aromatic rings. The summed E-state index contributed by atoms with van der Waals surface area (Å²) in [6.45, 7) is 2.28. The van der Waals surface area contributed by atoms with E-state index in [0.717, 1.165) is 19.9 Å². The van der Waals surface area contributed by atoms with E-state index in [9.17, 15) is 9.46 Å². The zero-order valence-corrected chi connectivity index (χ0v) is 17.8. The van der Waals surface area contributed by atoms with E-state index >= 15 is 0 Å². The number of phosphoric ester groups is 1. The molecular formula is C20H38NO4P. The van der Waals surface area contributed by atoms with Crippen LogP contribution in [0.5, 0.6) is 0 Å². The number of hydrogen-bond donors (Lipinski definition) is 1. The average molecular weight is 388 g/mol. The third-order valence-electron chi connectivity index (χ3n) is 4.29. The van der Waals surface area contributed by atoms with Gasteiger partial charge in [0.05, 0.1) is 0 Å². The molecule has 0 fully saturated rings. The first kappa shape index (κ1) is 25.3. The molecule has 0 aromatic heterocycles. The van der Waals surface area contributed by atoms with Crippen molar-refractivity contribution in [1.82, 2.24) is 0 Å². The number of aryl methyl sites for hydroxylation is 1. The van der Waals surface area contributed by atoms with Crippen molar-refractivity contribution >= 4 is 13.5 Å². The number of benzene rings is 1. The third-order valence-corrected chi connectivity index (χ3v) is 5.18. The Kier molecular flexibility index (Phi) is 16.0. The second kappa shape index (κ2) is 16.5. The Morgan fingerprint density at radius 3 is 1.65 bits per heavy atom. The highest BCUT2D eigenvalue weighted by Crippen LogP contribution is 2.34. The van der Waals surface area contributed by atoms with Crippen LogP contribution >= 0.6 is 7.82 Å². The fraction of sp³-hybridized carbons (Fsp3) is 0.700. The summed E-state index contributed by atoms with van der Waals surface area (Å²) in [5, 5.41) is 0. The van der Waals surface area contributed by atoms with Gasteiger partial charge in [-0.1, -0.05) is 76.8 Å². The Bertz CT molecular complexity index is 471. The van der Waals surface area contributed by atoms with Gasteiger partial charge in [0.25, 0.3) is 7.82 Å². The molecule has 0 bridgehead atoms. The Morgan fingerprint density at radius 1 is 0.846 bits per heavy atom. The maximum atomic E-state index is 9.95. The van der Waals surface area contributed by atoms with Crippen LogP contribution in [0.1, 0.15) is 76.7 Å². The van der Waals surface area contributed by atoms with Gasteiger partial charge in [-0.05, 0) is 30.5 Å². The van der Waals surface area contributed by atoms with Crippen LogP contribution in [-0.2, 0) is 20.0 Å². The largest absolute Gasteiger partial charge is 0.756 e. The monoisotopic (exact) mass is 387 g/mol. The van der Waals surface area contributed by atoms with Crippen LogP contribution in [0.25, 0.3) is 0 Å². The van der Waals surface area contributed by atoms with Crippen LogP contribution in [-0.4, -0.2) is 14.2 Å². The van der Waals surface area contributed by atoms with Crippen molar-refractivity contribution in [3.8, 4) is 0 Å². The Hall–Kier alpha value is -0.710. The van der Waals surface area contributed by atoms with E-state index in [1.165, 1.54) is 76.2 Å². The predicted molar refractivity (Wildman–Crippen MR) is 106 cm³/mol. The van der Waals surface area contributed by atoms with Crippen LogP contribution in [0.4, 0.5) is 5.69 Å². The summed E-state index contributed by atoms with van der Waals surface area (Å²) in [5.41, 5.74) is 6.50. The highest BCUT2D eigenvalue weighted by atomic mass is 31.2. The molecule has 6 heteroatoms. The SMILES string of the molecule is CCCCCCCCCCCCc1ccc([NH3+])cc1.COP(=O)([O-])OC. The van der Waals surface area contributed by atoms with Crippen LogP contribution in [0.15, 0.2) is 24.3 Å². The van der Waals surface area contributed by atoms with Crippen molar-refractivity contribution in [2.75, 3.05) is 14.2 Å². The van der Waals surface area contributed by atoms with Gasteiger partial charge >= 0.3 is 0 Å². The number of rotatable bonds is 13. The summed E-state index contributed by atoms with van der Waals surface area (Å²) in [4.78, 5) is 9.95. The molecule has 0 unspecified atom stereocenters. The maximum absolute atomic E-state index is 9.95. The summed E-state index contributed by atoms with van der Waals surface area (Å²) < 4.78 is 17.7. The standard InChI is InChI=1S/C18H31N.C2H7O4P/c1-2-3-4-5-6-7-8-9-10-11-12-17-13-15-18(19)16-14-17;1-5-7(3,4)6-2/h13-16H,2-12,19H2,1H3;1-2H3,(H,3,4). The smallest absolute Gasteiger partial charge is 0.267 e. The number of hydrogen-bond acceptors (Lipinski definition) is 4. The lowest BCUT2D eigenvalue weighted by Crippen LogP contribution is -2.39. The first-order chi connectivity index (χ1) is 12.4. The molecule has 0 aliphatic carbocycles. The van der Waals surface area contributed by atoms with Crippen molar-refractivity contribution in [1.29, 1.82) is 0 Å². The molecule has 0 radical (unpaired) electrons. The van der Waals surface area contributed by atoms with E-state index < -0.39 is 7.82 Å². The molecule has 152 valence electrons. The molecule has 1 aromatic carbocycles. The highest BCUT2D eigenvalue weighted by Gasteiger charge is 1.98. The molecule has 0 amide bonds. The van der Waals surface area contributed by atoms with Crippen LogP contribution in [0.2, 0.25) is 0 Å². The molecule has 0 saturated carbocycles. The normalized spacial score (nSPS) is 11.1. The molecule has 3 N–H and O–H groups in total. The summed E-state index contributed by atoms with van der Waals surface area (Å²) in [7, 11) is -1.83. The highest BCUT2D eigenvalue weighted by molar-refractivity contribution is 7.45. The Labute approximate surface area is 159 Å². The molecule has 0 aliphatic rings. The van der Waals surface area contributed by atoms with Crippen LogP contribution in [0.3, 0.4) is 0 Å². The van der Waals surface area contributed by atoms with Gasteiger partial charge in [0.2, 0.25) is 0 Å². The van der Waals surface area contributed by atoms with Gasteiger partial charge < -0.3 is 19.7 Å². The molecule has 0 atom stereocenters. The molecule has 0 heterocycles.